The van der Waals surface area contributed by atoms with Crippen molar-refractivity contribution in [3.63, 3.8) is 0 Å². The topological polar surface area (TPSA) is 20.2 Å². The van der Waals surface area contributed by atoms with Crippen molar-refractivity contribution in [2.75, 3.05) is 0 Å². The molecule has 0 radical (unpaired) electrons. The fourth-order valence-electron chi connectivity index (χ4n) is 1.48. The minimum absolute atomic E-state index is 0.530. The van der Waals surface area contributed by atoms with Gasteiger partial charge in [-0.3, -0.25) is 0 Å². The Morgan fingerprint density at radius 2 is 2.25 bits per heavy atom. The van der Waals surface area contributed by atoms with Crippen LogP contribution in [0.1, 0.15) is 32.1 Å². The molecular formula is C10H16OS. The van der Waals surface area contributed by atoms with Gasteiger partial charge in [-0.25, -0.2) is 0 Å². The van der Waals surface area contributed by atoms with Gasteiger partial charge in [0.1, 0.15) is 0 Å². The molecule has 0 fully saturated rings. The molecule has 1 aromatic rings. The van der Waals surface area contributed by atoms with E-state index in [4.69, 9.17) is 0 Å². The summed E-state index contributed by atoms with van der Waals surface area (Å²) >= 11 is 1.62. The van der Waals surface area contributed by atoms with Crippen molar-refractivity contribution in [1.82, 2.24) is 0 Å². The zero-order chi connectivity index (χ0) is 9.19. The summed E-state index contributed by atoms with van der Waals surface area (Å²) < 4.78 is 0. The van der Waals surface area contributed by atoms with Crippen LogP contribution in [0.2, 0.25) is 0 Å². The molecule has 1 heterocycles. The van der Waals surface area contributed by atoms with Crippen LogP contribution < -0.4 is 0 Å². The molecule has 0 bridgehead atoms. The monoisotopic (exact) mass is 184 g/mol. The van der Waals surface area contributed by atoms with Crippen LogP contribution in [0.3, 0.4) is 0 Å². The number of rotatable bonds is 3. The molecule has 1 nitrogen and oxygen atoms in total. The van der Waals surface area contributed by atoms with Crippen LogP contribution in [0.15, 0.2) is 17.5 Å². The fourth-order valence-corrected chi connectivity index (χ4v) is 2.28. The Balaban J connectivity index is 2.72. The van der Waals surface area contributed by atoms with Crippen LogP contribution in [-0.4, -0.2) is 5.11 Å². The molecule has 0 aliphatic rings. The third kappa shape index (κ3) is 2.32. The van der Waals surface area contributed by atoms with E-state index < -0.39 is 5.60 Å². The van der Waals surface area contributed by atoms with Gasteiger partial charge in [-0.1, -0.05) is 19.9 Å². The molecule has 1 aromatic heterocycles. The van der Waals surface area contributed by atoms with Crippen LogP contribution in [0.4, 0.5) is 0 Å². The summed E-state index contributed by atoms with van der Waals surface area (Å²) in [5, 5.41) is 12.1. The molecule has 1 atom stereocenters. The molecule has 0 amide bonds. The first-order chi connectivity index (χ1) is 5.52. The standard InChI is InChI=1S/C10H16OS/c1-8(2)7-10(3,11)9-5-4-6-12-9/h4-6,8,11H,7H2,1-3H3. The summed E-state index contributed by atoms with van der Waals surface area (Å²) in [6, 6.07) is 3.97. The van der Waals surface area contributed by atoms with Gasteiger partial charge in [0.15, 0.2) is 0 Å². The molecule has 1 rings (SSSR count). The van der Waals surface area contributed by atoms with Gasteiger partial charge in [0, 0.05) is 4.88 Å². The van der Waals surface area contributed by atoms with Crippen molar-refractivity contribution in [2.24, 2.45) is 5.92 Å². The van der Waals surface area contributed by atoms with E-state index in [1.807, 2.05) is 24.4 Å². The fraction of sp³-hybridized carbons (Fsp3) is 0.600. The highest BCUT2D eigenvalue weighted by atomic mass is 32.1. The lowest BCUT2D eigenvalue weighted by atomic mass is 9.93. The Bertz CT molecular complexity index is 224. The maximum Gasteiger partial charge on any atom is 0.0962 e. The molecule has 0 aliphatic heterocycles. The Morgan fingerprint density at radius 1 is 1.58 bits per heavy atom. The lowest BCUT2D eigenvalue weighted by Gasteiger charge is -2.23. The molecule has 2 heteroatoms. The van der Waals surface area contributed by atoms with Gasteiger partial charge < -0.3 is 5.11 Å². The third-order valence-corrected chi connectivity index (χ3v) is 2.98. The Hall–Kier alpha value is -0.340. The zero-order valence-corrected chi connectivity index (χ0v) is 8.69. The first-order valence-corrected chi connectivity index (χ1v) is 5.16. The Labute approximate surface area is 78.1 Å². The minimum atomic E-state index is -0.637. The highest BCUT2D eigenvalue weighted by Crippen LogP contribution is 2.30. The quantitative estimate of drug-likeness (QED) is 0.765. The number of hydrogen-bond acceptors (Lipinski definition) is 2. The van der Waals surface area contributed by atoms with Crippen LogP contribution in [0.5, 0.6) is 0 Å². The van der Waals surface area contributed by atoms with Crippen LogP contribution in [-0.2, 0) is 5.60 Å². The molecule has 0 aliphatic carbocycles. The molecule has 0 saturated carbocycles. The van der Waals surface area contributed by atoms with Gasteiger partial charge in [-0.15, -0.1) is 11.3 Å². The van der Waals surface area contributed by atoms with E-state index in [0.29, 0.717) is 5.92 Å². The summed E-state index contributed by atoms with van der Waals surface area (Å²) in [6.45, 7) is 6.14. The highest BCUT2D eigenvalue weighted by molar-refractivity contribution is 7.10. The van der Waals surface area contributed by atoms with Gasteiger partial charge in [-0.2, -0.15) is 0 Å². The maximum absolute atomic E-state index is 10.1. The Kier molecular flexibility index (Phi) is 2.91. The largest absolute Gasteiger partial charge is 0.385 e. The van der Waals surface area contributed by atoms with Crippen molar-refractivity contribution >= 4 is 11.3 Å². The zero-order valence-electron chi connectivity index (χ0n) is 7.87. The van der Waals surface area contributed by atoms with Gasteiger partial charge in [-0.05, 0) is 30.7 Å². The number of thiophene rings is 1. The van der Waals surface area contributed by atoms with Crippen molar-refractivity contribution in [2.45, 2.75) is 32.8 Å². The summed E-state index contributed by atoms with van der Waals surface area (Å²) in [5.74, 6) is 0.530. The average Bonchev–Trinajstić information content (AvgIpc) is 2.32. The van der Waals surface area contributed by atoms with Crippen LogP contribution in [0.25, 0.3) is 0 Å². The highest BCUT2D eigenvalue weighted by Gasteiger charge is 2.24. The summed E-state index contributed by atoms with van der Waals surface area (Å²) in [4.78, 5) is 1.07. The second-order valence-electron chi connectivity index (χ2n) is 3.85. The minimum Gasteiger partial charge on any atom is -0.385 e. The van der Waals surface area contributed by atoms with Crippen LogP contribution >= 0.6 is 11.3 Å². The molecule has 0 saturated heterocycles. The predicted molar refractivity (Wildman–Crippen MR) is 53.3 cm³/mol. The van der Waals surface area contributed by atoms with Gasteiger partial charge in [0.2, 0.25) is 0 Å². The molecule has 12 heavy (non-hydrogen) atoms. The first-order valence-electron chi connectivity index (χ1n) is 4.29. The summed E-state index contributed by atoms with van der Waals surface area (Å²) in [6.07, 6.45) is 0.827. The Morgan fingerprint density at radius 3 is 2.67 bits per heavy atom. The maximum atomic E-state index is 10.1. The van der Waals surface area contributed by atoms with E-state index in [1.54, 1.807) is 11.3 Å². The molecular weight excluding hydrogens is 168 g/mol. The van der Waals surface area contributed by atoms with Crippen molar-refractivity contribution in [3.8, 4) is 0 Å². The second kappa shape index (κ2) is 3.58. The van der Waals surface area contributed by atoms with Gasteiger partial charge in [0.25, 0.3) is 0 Å². The SMILES string of the molecule is CC(C)CC(C)(O)c1cccs1. The summed E-state index contributed by atoms with van der Waals surface area (Å²) in [7, 11) is 0. The number of hydrogen-bond donors (Lipinski definition) is 1. The van der Waals surface area contributed by atoms with Crippen molar-refractivity contribution < 1.29 is 5.11 Å². The molecule has 1 N–H and O–H groups in total. The predicted octanol–water partition coefficient (Wildman–Crippen LogP) is 3.00. The molecule has 1 unspecified atom stereocenters. The van der Waals surface area contributed by atoms with Gasteiger partial charge in [0.05, 0.1) is 5.60 Å². The second-order valence-corrected chi connectivity index (χ2v) is 4.80. The molecule has 0 aromatic carbocycles. The lowest BCUT2D eigenvalue weighted by Crippen LogP contribution is -2.21. The first kappa shape index (κ1) is 9.75. The van der Waals surface area contributed by atoms with E-state index in [0.717, 1.165) is 11.3 Å². The van der Waals surface area contributed by atoms with E-state index in [1.165, 1.54) is 0 Å². The van der Waals surface area contributed by atoms with E-state index in [9.17, 15) is 5.11 Å². The average molecular weight is 184 g/mol. The normalized spacial score (nSPS) is 16.4. The van der Waals surface area contributed by atoms with Crippen molar-refractivity contribution in [1.29, 1.82) is 0 Å². The third-order valence-electron chi connectivity index (χ3n) is 1.86. The molecule has 0 spiro atoms. The lowest BCUT2D eigenvalue weighted by molar-refractivity contribution is 0.0385. The smallest absolute Gasteiger partial charge is 0.0962 e. The van der Waals surface area contributed by atoms with Crippen molar-refractivity contribution in [3.05, 3.63) is 22.4 Å². The van der Waals surface area contributed by atoms with E-state index >= 15 is 0 Å². The molecule has 68 valence electrons. The van der Waals surface area contributed by atoms with Crippen LogP contribution in [0, 0.1) is 5.92 Å². The number of aliphatic hydroxyl groups is 1. The van der Waals surface area contributed by atoms with Gasteiger partial charge >= 0.3 is 0 Å². The van der Waals surface area contributed by atoms with E-state index in [-0.39, 0.29) is 0 Å². The summed E-state index contributed by atoms with van der Waals surface area (Å²) in [5.41, 5.74) is -0.637. The van der Waals surface area contributed by atoms with E-state index in [2.05, 4.69) is 13.8 Å².